The lowest BCUT2D eigenvalue weighted by Gasteiger charge is -2.37. The summed E-state index contributed by atoms with van der Waals surface area (Å²) in [4.78, 5) is 28.5. The molecule has 3 saturated carbocycles. The molecular weight excluding hydrogens is 398 g/mol. The van der Waals surface area contributed by atoms with E-state index in [0.29, 0.717) is 21.5 Å². The maximum atomic E-state index is 13.1. The minimum Gasteiger partial charge on any atom is -0.279 e. The summed E-state index contributed by atoms with van der Waals surface area (Å²) in [5.41, 5.74) is -0.461. The van der Waals surface area contributed by atoms with E-state index < -0.39 is 5.41 Å². The molecule has 5 heteroatoms. The molecule has 4 rings (SSSR count). The standard InChI is InChI=1S/C16H21Br2NO2/c1-16-10-7-9(12(17)13(10)18)11(16)14(20)19(15(16)21)8-5-3-2-4-6-8/h8-13H,2-7H2,1H3/t9-,10-,11+,12+,13+,16+/m1/s1. The van der Waals surface area contributed by atoms with Crippen molar-refractivity contribution >= 4 is 43.7 Å². The van der Waals surface area contributed by atoms with Crippen LogP contribution in [0.2, 0.25) is 0 Å². The van der Waals surface area contributed by atoms with E-state index in [0.717, 1.165) is 32.1 Å². The highest BCUT2D eigenvalue weighted by molar-refractivity contribution is 9.12. The summed E-state index contributed by atoms with van der Waals surface area (Å²) < 4.78 is 0. The highest BCUT2D eigenvalue weighted by atomic mass is 79.9. The molecule has 3 nitrogen and oxygen atoms in total. The molecule has 1 aliphatic heterocycles. The first-order chi connectivity index (χ1) is 9.98. The van der Waals surface area contributed by atoms with E-state index in [4.69, 9.17) is 0 Å². The van der Waals surface area contributed by atoms with Crippen LogP contribution in [0.4, 0.5) is 0 Å². The number of fused-ring (bicyclic) bond motifs is 5. The van der Waals surface area contributed by atoms with E-state index in [9.17, 15) is 9.59 Å². The second-order valence-corrected chi connectivity index (χ2v) is 9.58. The van der Waals surface area contributed by atoms with Crippen LogP contribution in [-0.4, -0.2) is 32.4 Å². The molecule has 0 aromatic carbocycles. The van der Waals surface area contributed by atoms with Crippen molar-refractivity contribution in [3.05, 3.63) is 0 Å². The maximum absolute atomic E-state index is 13.1. The SMILES string of the molecule is C[C@@]12C(=O)N(C3CCCCC3)C(=O)[C@@H]1[C@H]1C[C@@H]2[C@H](Br)[C@H]1Br. The van der Waals surface area contributed by atoms with Crippen molar-refractivity contribution in [3.63, 3.8) is 0 Å². The van der Waals surface area contributed by atoms with E-state index in [1.807, 2.05) is 0 Å². The van der Waals surface area contributed by atoms with Gasteiger partial charge in [0.15, 0.2) is 0 Å². The normalized spacial score (nSPS) is 50.0. The number of imide groups is 1. The third kappa shape index (κ3) is 1.71. The van der Waals surface area contributed by atoms with E-state index in [1.54, 1.807) is 4.90 Å². The molecule has 4 aliphatic rings. The van der Waals surface area contributed by atoms with Gasteiger partial charge in [0.05, 0.1) is 11.3 Å². The van der Waals surface area contributed by atoms with E-state index in [-0.39, 0.29) is 23.8 Å². The Hall–Kier alpha value is 0.1000. The average Bonchev–Trinajstić information content (AvgIpc) is 3.01. The van der Waals surface area contributed by atoms with Gasteiger partial charge >= 0.3 is 0 Å². The lowest BCUT2D eigenvalue weighted by atomic mass is 9.69. The van der Waals surface area contributed by atoms with E-state index in [2.05, 4.69) is 38.8 Å². The average molecular weight is 419 g/mol. The lowest BCUT2D eigenvalue weighted by Crippen LogP contribution is -2.46. The number of carbonyl (C=O) groups excluding carboxylic acids is 2. The van der Waals surface area contributed by atoms with Crippen LogP contribution in [0.5, 0.6) is 0 Å². The number of likely N-dealkylation sites (tertiary alicyclic amines) is 1. The number of rotatable bonds is 1. The van der Waals surface area contributed by atoms with Crippen molar-refractivity contribution < 1.29 is 9.59 Å². The molecule has 0 aromatic heterocycles. The van der Waals surface area contributed by atoms with Gasteiger partial charge in [0.2, 0.25) is 11.8 Å². The van der Waals surface area contributed by atoms with Crippen molar-refractivity contribution in [2.24, 2.45) is 23.2 Å². The first-order valence-electron chi connectivity index (χ1n) is 8.13. The van der Waals surface area contributed by atoms with Crippen LogP contribution in [0.25, 0.3) is 0 Å². The van der Waals surface area contributed by atoms with Crippen LogP contribution in [0.15, 0.2) is 0 Å². The summed E-state index contributed by atoms with van der Waals surface area (Å²) in [6, 6.07) is 0.170. The Bertz CT molecular complexity index is 505. The number of amides is 2. The fourth-order valence-corrected chi connectivity index (χ4v) is 7.55. The van der Waals surface area contributed by atoms with Gasteiger partial charge in [0.1, 0.15) is 0 Å². The maximum Gasteiger partial charge on any atom is 0.236 e. The summed E-state index contributed by atoms with van der Waals surface area (Å²) in [5, 5.41) is 0. The monoisotopic (exact) mass is 417 g/mol. The number of nitrogens with zero attached hydrogens (tertiary/aromatic N) is 1. The molecule has 0 spiro atoms. The van der Waals surface area contributed by atoms with Crippen molar-refractivity contribution in [3.8, 4) is 0 Å². The van der Waals surface area contributed by atoms with E-state index >= 15 is 0 Å². The van der Waals surface area contributed by atoms with Gasteiger partial charge in [-0.2, -0.15) is 0 Å². The molecule has 0 unspecified atom stereocenters. The predicted octanol–water partition coefficient (Wildman–Crippen LogP) is 3.49. The van der Waals surface area contributed by atoms with Gasteiger partial charge in [-0.3, -0.25) is 14.5 Å². The van der Waals surface area contributed by atoms with Gasteiger partial charge in [-0.1, -0.05) is 51.1 Å². The molecule has 1 saturated heterocycles. The van der Waals surface area contributed by atoms with Crippen molar-refractivity contribution in [2.75, 3.05) is 0 Å². The molecule has 1 heterocycles. The molecule has 116 valence electrons. The smallest absolute Gasteiger partial charge is 0.236 e. The number of alkyl halides is 2. The number of halogens is 2. The Balaban J connectivity index is 1.70. The Morgan fingerprint density at radius 1 is 1.10 bits per heavy atom. The van der Waals surface area contributed by atoms with Crippen LogP contribution >= 0.6 is 31.9 Å². The highest BCUT2D eigenvalue weighted by Gasteiger charge is 2.73. The van der Waals surface area contributed by atoms with Gasteiger partial charge in [-0.15, -0.1) is 0 Å². The molecule has 3 aliphatic carbocycles. The second kappa shape index (κ2) is 4.80. The van der Waals surface area contributed by atoms with E-state index in [1.165, 1.54) is 6.42 Å². The summed E-state index contributed by atoms with van der Waals surface area (Å²) in [5.74, 6) is 0.776. The van der Waals surface area contributed by atoms with Crippen LogP contribution in [-0.2, 0) is 9.59 Å². The van der Waals surface area contributed by atoms with Gasteiger partial charge in [-0.25, -0.2) is 0 Å². The first kappa shape index (κ1) is 14.7. The molecule has 6 atom stereocenters. The van der Waals surface area contributed by atoms with Gasteiger partial charge < -0.3 is 0 Å². The number of carbonyl (C=O) groups is 2. The largest absolute Gasteiger partial charge is 0.279 e. The van der Waals surface area contributed by atoms with Crippen LogP contribution in [0, 0.1) is 23.2 Å². The highest BCUT2D eigenvalue weighted by Crippen LogP contribution is 2.66. The molecule has 21 heavy (non-hydrogen) atoms. The molecular formula is C16H21Br2NO2. The lowest BCUT2D eigenvalue weighted by molar-refractivity contribution is -0.145. The molecule has 2 bridgehead atoms. The van der Waals surface area contributed by atoms with Crippen LogP contribution < -0.4 is 0 Å². The predicted molar refractivity (Wildman–Crippen MR) is 87.4 cm³/mol. The molecule has 0 radical (unpaired) electrons. The third-order valence-corrected chi connectivity index (χ3v) is 9.76. The molecule has 0 aromatic rings. The zero-order chi connectivity index (χ0) is 14.9. The fourth-order valence-electron chi connectivity index (χ4n) is 5.51. The Kier molecular flexibility index (Phi) is 3.35. The Labute approximate surface area is 142 Å². The number of hydrogen-bond acceptors (Lipinski definition) is 2. The topological polar surface area (TPSA) is 37.4 Å². The quantitative estimate of drug-likeness (QED) is 0.482. The van der Waals surface area contributed by atoms with Crippen molar-refractivity contribution in [1.82, 2.24) is 4.90 Å². The summed E-state index contributed by atoms with van der Waals surface area (Å²) in [6.45, 7) is 2.05. The molecule has 2 amide bonds. The second-order valence-electron chi connectivity index (χ2n) is 7.46. The minimum absolute atomic E-state index is 0.0879. The van der Waals surface area contributed by atoms with Crippen molar-refractivity contribution in [1.29, 1.82) is 0 Å². The summed E-state index contributed by atoms with van der Waals surface area (Å²) in [6.07, 6.45) is 6.56. The number of hydrogen-bond donors (Lipinski definition) is 0. The van der Waals surface area contributed by atoms with Gasteiger partial charge in [0.25, 0.3) is 0 Å². The first-order valence-corrected chi connectivity index (χ1v) is 9.96. The zero-order valence-electron chi connectivity index (χ0n) is 12.2. The Morgan fingerprint density at radius 2 is 1.76 bits per heavy atom. The van der Waals surface area contributed by atoms with Crippen molar-refractivity contribution in [2.45, 2.75) is 61.1 Å². The zero-order valence-corrected chi connectivity index (χ0v) is 15.4. The van der Waals surface area contributed by atoms with Gasteiger partial charge in [-0.05, 0) is 38.0 Å². The summed E-state index contributed by atoms with van der Waals surface area (Å²) in [7, 11) is 0. The van der Waals surface area contributed by atoms with Crippen LogP contribution in [0.3, 0.4) is 0 Å². The minimum atomic E-state index is -0.461. The van der Waals surface area contributed by atoms with Crippen LogP contribution in [0.1, 0.15) is 45.4 Å². The molecule has 4 fully saturated rings. The fraction of sp³-hybridized carbons (Fsp3) is 0.875. The molecule has 0 N–H and O–H groups in total. The summed E-state index contributed by atoms with van der Waals surface area (Å²) >= 11 is 7.52. The Morgan fingerprint density at radius 3 is 2.43 bits per heavy atom. The third-order valence-electron chi connectivity index (χ3n) is 6.59. The van der Waals surface area contributed by atoms with Gasteiger partial charge in [0, 0.05) is 15.7 Å².